The van der Waals surface area contributed by atoms with E-state index in [0.29, 0.717) is 60.8 Å². The second-order valence-electron chi connectivity index (χ2n) is 14.8. The van der Waals surface area contributed by atoms with E-state index in [1.165, 1.54) is 35.2 Å². The summed E-state index contributed by atoms with van der Waals surface area (Å²) in [4.78, 5) is 80.9. The number of carbonyl (C=O) groups excluding carboxylic acids is 4. The molecule has 4 fully saturated rings. The fourth-order valence-electron chi connectivity index (χ4n) is 8.22. The normalized spacial score (nSPS) is 23.3. The van der Waals surface area contributed by atoms with Crippen molar-refractivity contribution in [3.8, 4) is 0 Å². The topological polar surface area (TPSA) is 183 Å². The Morgan fingerprint density at radius 2 is 1.83 bits per heavy atom. The molecule has 4 aromatic rings. The molecule has 1 saturated carbocycles. The minimum atomic E-state index is -5.08. The summed E-state index contributed by atoms with van der Waals surface area (Å²) in [6, 6.07) is 11.8. The molecule has 4 atom stereocenters. The monoisotopic (exact) mass is 761 g/mol. The molecule has 54 heavy (non-hydrogen) atoms. The van der Waals surface area contributed by atoms with Gasteiger partial charge in [-0.15, -0.1) is 0 Å². The summed E-state index contributed by atoms with van der Waals surface area (Å²) in [5.74, 6) is -4.27. The van der Waals surface area contributed by atoms with Gasteiger partial charge in [0.05, 0.1) is 30.7 Å². The van der Waals surface area contributed by atoms with Crippen molar-refractivity contribution < 1.29 is 47.2 Å². The Balaban J connectivity index is 1.11. The number of ether oxygens (including phenoxy) is 1. The number of rotatable bonds is 7. The molecule has 3 saturated heterocycles. The maximum Gasteiger partial charge on any atom is 0.363 e. The highest BCUT2D eigenvalue weighted by Crippen LogP contribution is 2.53. The van der Waals surface area contributed by atoms with Crippen LogP contribution in [-0.2, 0) is 25.3 Å². The van der Waals surface area contributed by atoms with Gasteiger partial charge in [-0.05, 0) is 90.8 Å². The summed E-state index contributed by atoms with van der Waals surface area (Å²) >= 11 is 0. The fourth-order valence-corrected chi connectivity index (χ4v) is 8.77. The van der Waals surface area contributed by atoms with Gasteiger partial charge in [-0.2, -0.15) is 0 Å². The molecule has 4 amide bonds. The third-order valence-electron chi connectivity index (χ3n) is 11.4. The van der Waals surface area contributed by atoms with Crippen LogP contribution in [0, 0.1) is 0 Å². The predicted octanol–water partition coefficient (Wildman–Crippen LogP) is 4.08. The summed E-state index contributed by atoms with van der Waals surface area (Å²) in [5, 5.41) is 8.43. The number of hydrogen-bond acceptors (Lipinski definition) is 8. The molecule has 1 spiro atoms. The van der Waals surface area contributed by atoms with E-state index in [1.54, 1.807) is 17.0 Å². The van der Waals surface area contributed by atoms with Gasteiger partial charge in [-0.25, -0.2) is 4.39 Å². The summed E-state index contributed by atoms with van der Waals surface area (Å²) < 4.78 is 37.4. The Morgan fingerprint density at radius 1 is 1.04 bits per heavy atom. The first-order valence-electron chi connectivity index (χ1n) is 18.3. The molecule has 3 aliphatic heterocycles. The van der Waals surface area contributed by atoms with Crippen LogP contribution in [0.25, 0.3) is 21.7 Å². The average molecular weight is 762 g/mol. The van der Waals surface area contributed by atoms with E-state index in [0.717, 1.165) is 24.8 Å². The van der Waals surface area contributed by atoms with Crippen molar-refractivity contribution in [1.82, 2.24) is 25.2 Å². The van der Waals surface area contributed by atoms with Crippen LogP contribution >= 0.6 is 7.60 Å². The number of morpholine rings is 1. The second kappa shape index (κ2) is 13.9. The number of nitrogens with zero attached hydrogens (tertiary/aromatic N) is 4. The molecule has 3 aromatic carbocycles. The van der Waals surface area contributed by atoms with Crippen LogP contribution in [0.4, 0.5) is 4.39 Å². The van der Waals surface area contributed by atoms with Gasteiger partial charge >= 0.3 is 7.60 Å². The van der Waals surface area contributed by atoms with Gasteiger partial charge in [0.1, 0.15) is 12.1 Å². The summed E-state index contributed by atoms with van der Waals surface area (Å²) in [7, 11) is -5.08. The van der Waals surface area contributed by atoms with Crippen LogP contribution in [0.5, 0.6) is 0 Å². The molecule has 4 heterocycles. The maximum atomic E-state index is 14.7. The van der Waals surface area contributed by atoms with Crippen molar-refractivity contribution in [2.75, 3.05) is 32.8 Å². The molecule has 0 bridgehead atoms. The maximum absolute atomic E-state index is 14.7. The quantitative estimate of drug-likeness (QED) is 0.232. The molecule has 284 valence electrons. The first kappa shape index (κ1) is 36.3. The van der Waals surface area contributed by atoms with Crippen LogP contribution in [0.3, 0.4) is 0 Å². The Labute approximate surface area is 309 Å². The molecular formula is C38H41FN5O9P. The molecule has 3 N–H and O–H groups in total. The van der Waals surface area contributed by atoms with Gasteiger partial charge in [0.25, 0.3) is 11.8 Å². The average Bonchev–Trinajstić information content (AvgIpc) is 3.59. The van der Waals surface area contributed by atoms with Crippen molar-refractivity contribution in [3.05, 3.63) is 77.0 Å². The largest absolute Gasteiger partial charge is 0.377 e. The lowest BCUT2D eigenvalue weighted by atomic mass is 10.0. The Hall–Kier alpha value is -4.69. The molecule has 4 aliphatic rings. The van der Waals surface area contributed by atoms with E-state index in [9.17, 15) is 37.9 Å². The third kappa shape index (κ3) is 6.57. The molecular weight excluding hydrogens is 720 g/mol. The smallest absolute Gasteiger partial charge is 0.363 e. The number of aryl methyl sites for hydroxylation is 1. The van der Waals surface area contributed by atoms with Crippen molar-refractivity contribution >= 4 is 53.0 Å². The molecule has 16 heteroatoms. The van der Waals surface area contributed by atoms with Gasteiger partial charge < -0.3 is 39.1 Å². The molecule has 1 aromatic heterocycles. The van der Waals surface area contributed by atoms with E-state index in [1.807, 2.05) is 24.0 Å². The lowest BCUT2D eigenvalue weighted by Crippen LogP contribution is -2.63. The standard InChI is InChI=1S/C38H41FN5O9P/c1-2-22-3-10-31-28(17-22)32(41-53-31)37(48)42-14-11-27-8-9-30(36(47)43-15-16-52-21-38(43)12-13-38)44(27)35(46)29(20-42)40-34(45)25-7-5-23-4-6-24(18-26(23)19-25)33(39)54(49,50)51/h3-7,10,17-19,27,29-30,33H,2,8-9,11-16,20-21H2,1H3,(H,40,45)(H2,49,50,51)/t27-,29+,30+,33?/m1/s1. The van der Waals surface area contributed by atoms with Crippen LogP contribution in [0.15, 0.2) is 59.1 Å². The van der Waals surface area contributed by atoms with Crippen LogP contribution < -0.4 is 5.32 Å². The number of fused-ring (bicyclic) bond motifs is 3. The Bertz CT molecular complexity index is 2220. The van der Waals surface area contributed by atoms with E-state index >= 15 is 0 Å². The van der Waals surface area contributed by atoms with Gasteiger partial charge in [-0.1, -0.05) is 36.3 Å². The number of carbonyl (C=O) groups is 4. The highest BCUT2D eigenvalue weighted by molar-refractivity contribution is 7.51. The minimum absolute atomic E-state index is 0.100. The van der Waals surface area contributed by atoms with E-state index < -0.39 is 43.3 Å². The summed E-state index contributed by atoms with van der Waals surface area (Å²) in [6.45, 7) is 3.34. The first-order valence-corrected chi connectivity index (χ1v) is 20.0. The number of aromatic nitrogens is 1. The molecule has 1 aliphatic carbocycles. The molecule has 14 nitrogen and oxygen atoms in total. The van der Waals surface area contributed by atoms with Crippen LogP contribution in [0.2, 0.25) is 0 Å². The fraction of sp³-hybridized carbons (Fsp3) is 0.447. The van der Waals surface area contributed by atoms with Crippen molar-refractivity contribution in [2.45, 2.75) is 75.0 Å². The lowest BCUT2D eigenvalue weighted by molar-refractivity contribution is -0.153. The number of hydrogen-bond donors (Lipinski definition) is 3. The number of nitrogens with one attached hydrogen (secondary N) is 1. The van der Waals surface area contributed by atoms with E-state index in [-0.39, 0.29) is 47.4 Å². The lowest BCUT2D eigenvalue weighted by Gasteiger charge is -2.42. The predicted molar refractivity (Wildman–Crippen MR) is 193 cm³/mol. The SMILES string of the molecule is CCc1ccc2onc(C(=O)N3CC[C@H]4CC[C@@H](C(=O)N5CCOCC56CC6)N4C(=O)[C@@H](NC(=O)c4ccc5ccc(C(F)P(=O)(O)O)cc5c4)C3)c2c1. The van der Waals surface area contributed by atoms with Gasteiger partial charge in [0.15, 0.2) is 11.3 Å². The van der Waals surface area contributed by atoms with Crippen molar-refractivity contribution in [3.63, 3.8) is 0 Å². The zero-order chi connectivity index (χ0) is 37.9. The molecule has 8 rings (SSSR count). The van der Waals surface area contributed by atoms with E-state index in [2.05, 4.69) is 10.5 Å². The van der Waals surface area contributed by atoms with Gasteiger partial charge in [0.2, 0.25) is 17.7 Å². The van der Waals surface area contributed by atoms with Crippen molar-refractivity contribution in [1.29, 1.82) is 0 Å². The zero-order valence-corrected chi connectivity index (χ0v) is 30.5. The van der Waals surface area contributed by atoms with Crippen LogP contribution in [0.1, 0.15) is 76.9 Å². The summed E-state index contributed by atoms with van der Waals surface area (Å²) in [6.07, 6.45) is 3.83. The number of halogens is 1. The highest BCUT2D eigenvalue weighted by Gasteiger charge is 2.55. The first-order chi connectivity index (χ1) is 25.9. The highest BCUT2D eigenvalue weighted by atomic mass is 31.2. The molecule has 1 unspecified atom stereocenters. The minimum Gasteiger partial charge on any atom is -0.377 e. The third-order valence-corrected chi connectivity index (χ3v) is 12.3. The second-order valence-corrected chi connectivity index (χ2v) is 16.4. The Kier molecular flexibility index (Phi) is 9.32. The number of amides is 4. The number of benzene rings is 3. The Morgan fingerprint density at radius 3 is 2.59 bits per heavy atom. The van der Waals surface area contributed by atoms with Crippen LogP contribution in [-0.4, -0.2) is 110 Å². The number of alkyl halides is 1. The van der Waals surface area contributed by atoms with Gasteiger partial charge in [-0.3, -0.25) is 23.7 Å². The summed E-state index contributed by atoms with van der Waals surface area (Å²) in [5.41, 5.74) is 1.06. The van der Waals surface area contributed by atoms with Crippen molar-refractivity contribution in [2.24, 2.45) is 0 Å². The van der Waals surface area contributed by atoms with E-state index in [4.69, 9.17) is 9.26 Å². The van der Waals surface area contributed by atoms with Gasteiger partial charge in [0, 0.05) is 24.7 Å². The zero-order valence-electron chi connectivity index (χ0n) is 29.6. The molecule has 0 radical (unpaired) electrons.